The molecule has 5 rings (SSSR count). The summed E-state index contributed by atoms with van der Waals surface area (Å²) in [5.41, 5.74) is 8.72. The van der Waals surface area contributed by atoms with Crippen LogP contribution in [0, 0.1) is 17.0 Å². The second kappa shape index (κ2) is 8.20. The van der Waals surface area contributed by atoms with Crippen LogP contribution < -0.4 is 5.43 Å². The van der Waals surface area contributed by atoms with Gasteiger partial charge >= 0.3 is 0 Å². The molecule has 1 aromatic heterocycles. The lowest BCUT2D eigenvalue weighted by molar-refractivity contribution is -0.384. The Labute approximate surface area is 185 Å². The van der Waals surface area contributed by atoms with Gasteiger partial charge in [0.25, 0.3) is 11.6 Å². The molecule has 0 bridgehead atoms. The summed E-state index contributed by atoms with van der Waals surface area (Å²) in [5, 5.41) is 16.1. The molecule has 2 aliphatic rings. The van der Waals surface area contributed by atoms with Crippen molar-refractivity contribution in [2.24, 2.45) is 5.10 Å². The van der Waals surface area contributed by atoms with Crippen molar-refractivity contribution in [3.8, 4) is 0 Å². The van der Waals surface area contributed by atoms with E-state index in [0.717, 1.165) is 32.4 Å². The Balaban J connectivity index is 1.28. The van der Waals surface area contributed by atoms with Gasteiger partial charge in [0.1, 0.15) is 0 Å². The molecular weight excluding hydrogens is 406 g/mol. The lowest BCUT2D eigenvalue weighted by Crippen LogP contribution is -2.44. The number of carbonyl (C=O) groups is 1. The zero-order valence-electron chi connectivity index (χ0n) is 18.0. The number of fused-ring (bicyclic) bond motifs is 3. The fraction of sp³-hybridized carbons (Fsp3) is 0.333. The number of nitro groups is 1. The zero-order valence-corrected chi connectivity index (χ0v) is 18.0. The molecule has 1 atom stereocenters. The van der Waals surface area contributed by atoms with Crippen molar-refractivity contribution in [2.45, 2.75) is 38.8 Å². The van der Waals surface area contributed by atoms with Gasteiger partial charge in [-0.1, -0.05) is 11.6 Å². The normalized spacial score (nSPS) is 18.1. The number of rotatable bonds is 5. The Morgan fingerprint density at radius 2 is 2.06 bits per heavy atom. The van der Waals surface area contributed by atoms with E-state index in [1.807, 2.05) is 0 Å². The molecule has 8 heteroatoms. The van der Waals surface area contributed by atoms with Crippen molar-refractivity contribution in [3.05, 3.63) is 75.0 Å². The summed E-state index contributed by atoms with van der Waals surface area (Å²) in [6.45, 7) is 4.14. The molecule has 32 heavy (non-hydrogen) atoms. The highest BCUT2D eigenvalue weighted by atomic mass is 16.6. The van der Waals surface area contributed by atoms with E-state index in [0.29, 0.717) is 12.1 Å². The summed E-state index contributed by atoms with van der Waals surface area (Å²) >= 11 is 0. The van der Waals surface area contributed by atoms with E-state index < -0.39 is 4.92 Å². The van der Waals surface area contributed by atoms with Gasteiger partial charge in [-0.3, -0.25) is 19.8 Å². The molecule has 3 aromatic rings. The van der Waals surface area contributed by atoms with Crippen molar-refractivity contribution in [3.63, 3.8) is 0 Å². The fourth-order valence-electron chi connectivity index (χ4n) is 5.06. The van der Waals surface area contributed by atoms with E-state index in [1.165, 1.54) is 46.1 Å². The molecule has 164 valence electrons. The molecule has 1 amide bonds. The van der Waals surface area contributed by atoms with Crippen LogP contribution in [0.2, 0.25) is 0 Å². The van der Waals surface area contributed by atoms with Crippen molar-refractivity contribution < 1.29 is 9.72 Å². The lowest BCUT2D eigenvalue weighted by atomic mass is 9.89. The average molecular weight is 431 g/mol. The maximum Gasteiger partial charge on any atom is 0.269 e. The van der Waals surface area contributed by atoms with Crippen LogP contribution in [0.3, 0.4) is 0 Å². The van der Waals surface area contributed by atoms with Gasteiger partial charge in [0.05, 0.1) is 23.7 Å². The molecule has 0 spiro atoms. The van der Waals surface area contributed by atoms with Crippen molar-refractivity contribution in [2.75, 3.05) is 13.1 Å². The Morgan fingerprint density at radius 1 is 1.25 bits per heavy atom. The number of aryl methyl sites for hydroxylation is 2. The predicted molar refractivity (Wildman–Crippen MR) is 123 cm³/mol. The summed E-state index contributed by atoms with van der Waals surface area (Å²) in [7, 11) is 0. The van der Waals surface area contributed by atoms with E-state index in [1.54, 1.807) is 12.1 Å². The quantitative estimate of drug-likeness (QED) is 0.379. The highest BCUT2D eigenvalue weighted by Gasteiger charge is 2.35. The van der Waals surface area contributed by atoms with E-state index in [2.05, 4.69) is 45.1 Å². The van der Waals surface area contributed by atoms with Crippen molar-refractivity contribution in [1.82, 2.24) is 14.9 Å². The first-order chi connectivity index (χ1) is 15.5. The van der Waals surface area contributed by atoms with Crippen LogP contribution in [0.1, 0.15) is 41.3 Å². The van der Waals surface area contributed by atoms with Crippen LogP contribution in [0.5, 0.6) is 0 Å². The Kier molecular flexibility index (Phi) is 5.22. The number of hydrogen-bond acceptors (Lipinski definition) is 5. The molecule has 1 aliphatic heterocycles. The standard InChI is InChI=1S/C24H25N5O3/c1-16-5-10-21-20(13-16)19-3-2-4-22-24(19)28(21)12-11-27(22)15-23(30)26-25-14-17-6-8-18(9-7-17)29(31)32/h5-10,13-14,22H,2-4,11-12,15H2,1H3,(H,26,30)/t22-/m1/s1. The molecule has 0 unspecified atom stereocenters. The van der Waals surface area contributed by atoms with Crippen molar-refractivity contribution >= 4 is 28.7 Å². The number of nitrogens with zero attached hydrogens (tertiary/aromatic N) is 4. The molecule has 0 saturated heterocycles. The highest BCUT2D eigenvalue weighted by molar-refractivity contribution is 5.87. The van der Waals surface area contributed by atoms with Gasteiger partial charge in [-0.2, -0.15) is 5.10 Å². The van der Waals surface area contributed by atoms with Crippen LogP contribution in [0.4, 0.5) is 5.69 Å². The molecule has 0 radical (unpaired) electrons. The Bertz CT molecular complexity index is 1230. The van der Waals surface area contributed by atoms with E-state index in [4.69, 9.17) is 0 Å². The van der Waals surface area contributed by atoms with Crippen LogP contribution >= 0.6 is 0 Å². The number of amides is 1. The molecule has 2 aromatic carbocycles. The number of nitrogens with one attached hydrogen (secondary N) is 1. The first kappa shape index (κ1) is 20.4. The third kappa shape index (κ3) is 3.67. The van der Waals surface area contributed by atoms with Gasteiger partial charge in [-0.05, 0) is 61.6 Å². The van der Waals surface area contributed by atoms with Crippen LogP contribution in [-0.4, -0.2) is 39.6 Å². The summed E-state index contributed by atoms with van der Waals surface area (Å²) in [5.74, 6) is -0.157. The smallest absolute Gasteiger partial charge is 0.269 e. The zero-order chi connectivity index (χ0) is 22.2. The van der Waals surface area contributed by atoms with Gasteiger partial charge in [0, 0.05) is 41.8 Å². The summed E-state index contributed by atoms with van der Waals surface area (Å²) in [6.07, 6.45) is 4.78. The second-order valence-corrected chi connectivity index (χ2v) is 8.56. The van der Waals surface area contributed by atoms with Gasteiger partial charge in [-0.25, -0.2) is 5.43 Å². The predicted octanol–water partition coefficient (Wildman–Crippen LogP) is 3.70. The minimum absolute atomic E-state index is 0.0238. The minimum atomic E-state index is -0.446. The molecular formula is C24H25N5O3. The second-order valence-electron chi connectivity index (χ2n) is 8.56. The number of hydrogen-bond donors (Lipinski definition) is 1. The molecule has 0 saturated carbocycles. The molecule has 1 aliphatic carbocycles. The monoisotopic (exact) mass is 431 g/mol. The maximum atomic E-state index is 12.6. The Morgan fingerprint density at radius 3 is 2.84 bits per heavy atom. The molecule has 1 N–H and O–H groups in total. The highest BCUT2D eigenvalue weighted by Crippen LogP contribution is 2.42. The number of hydrazone groups is 1. The summed E-state index contributed by atoms with van der Waals surface area (Å²) in [6, 6.07) is 13.0. The number of non-ortho nitro benzene ring substituents is 1. The third-order valence-electron chi connectivity index (χ3n) is 6.49. The number of aromatic nitrogens is 1. The lowest BCUT2D eigenvalue weighted by Gasteiger charge is -2.39. The van der Waals surface area contributed by atoms with E-state index in [-0.39, 0.29) is 17.6 Å². The maximum absolute atomic E-state index is 12.6. The summed E-state index contributed by atoms with van der Waals surface area (Å²) < 4.78 is 2.45. The molecule has 2 heterocycles. The number of nitro benzene ring substituents is 1. The topological polar surface area (TPSA) is 92.8 Å². The third-order valence-corrected chi connectivity index (χ3v) is 6.49. The minimum Gasteiger partial charge on any atom is -0.342 e. The van der Waals surface area contributed by atoms with Gasteiger partial charge in [0.15, 0.2) is 0 Å². The van der Waals surface area contributed by atoms with Gasteiger partial charge in [0.2, 0.25) is 0 Å². The van der Waals surface area contributed by atoms with E-state index in [9.17, 15) is 14.9 Å². The first-order valence-corrected chi connectivity index (χ1v) is 10.9. The SMILES string of the molecule is Cc1ccc2c(c1)c1c3n2CCN(CC(=O)NN=Cc2ccc([N+](=O)[O-])cc2)[C@@H]3CCC1. The molecule has 0 fully saturated rings. The van der Waals surface area contributed by atoms with Crippen LogP contribution in [-0.2, 0) is 17.8 Å². The Hall–Kier alpha value is -3.52. The van der Waals surface area contributed by atoms with Crippen LogP contribution in [0.25, 0.3) is 10.9 Å². The van der Waals surface area contributed by atoms with Gasteiger partial charge < -0.3 is 4.57 Å². The molecule has 8 nitrogen and oxygen atoms in total. The average Bonchev–Trinajstić information content (AvgIpc) is 3.10. The van der Waals surface area contributed by atoms with Crippen molar-refractivity contribution in [1.29, 1.82) is 0 Å². The van der Waals surface area contributed by atoms with Gasteiger partial charge in [-0.15, -0.1) is 0 Å². The van der Waals surface area contributed by atoms with E-state index >= 15 is 0 Å². The fourth-order valence-corrected chi connectivity index (χ4v) is 5.06. The number of carbonyl (C=O) groups excluding carboxylic acids is 1. The van der Waals surface area contributed by atoms with Crippen LogP contribution in [0.15, 0.2) is 47.6 Å². The largest absolute Gasteiger partial charge is 0.342 e. The first-order valence-electron chi connectivity index (χ1n) is 10.9. The number of benzene rings is 2. The summed E-state index contributed by atoms with van der Waals surface area (Å²) in [4.78, 5) is 25.1.